The summed E-state index contributed by atoms with van der Waals surface area (Å²) >= 11 is 5.80. The lowest BCUT2D eigenvalue weighted by atomic mass is 10.0. The molecule has 2 nitrogen and oxygen atoms in total. The Balaban J connectivity index is 2.03. The van der Waals surface area contributed by atoms with Gasteiger partial charge in [0.15, 0.2) is 5.78 Å². The highest BCUT2D eigenvalue weighted by Crippen LogP contribution is 2.19. The van der Waals surface area contributed by atoms with Crippen molar-refractivity contribution in [3.05, 3.63) is 76.7 Å². The molecule has 4 heteroatoms. The number of benzene rings is 2. The topological polar surface area (TPSA) is 29.1 Å². The van der Waals surface area contributed by atoms with E-state index in [0.29, 0.717) is 16.5 Å². The molecule has 114 valence electrons. The minimum Gasteiger partial charge on any atom is -0.359 e. The first-order valence-electron chi connectivity index (χ1n) is 7.00. The number of halogens is 2. The third-order valence-corrected chi connectivity index (χ3v) is 3.50. The Morgan fingerprint density at radius 1 is 1.18 bits per heavy atom. The molecule has 0 aromatic heterocycles. The van der Waals surface area contributed by atoms with Crippen molar-refractivity contribution in [2.24, 2.45) is 0 Å². The number of anilines is 1. The van der Waals surface area contributed by atoms with Crippen LogP contribution in [-0.4, -0.2) is 5.78 Å². The molecule has 22 heavy (non-hydrogen) atoms. The predicted molar refractivity (Wildman–Crippen MR) is 89.0 cm³/mol. The monoisotopic (exact) mass is 317 g/mol. The normalized spacial score (nSPS) is 11.1. The third kappa shape index (κ3) is 4.18. The Morgan fingerprint density at radius 3 is 2.50 bits per heavy atom. The van der Waals surface area contributed by atoms with Crippen LogP contribution in [-0.2, 0) is 0 Å². The van der Waals surface area contributed by atoms with Gasteiger partial charge in [-0.1, -0.05) is 49.7 Å². The molecule has 0 heterocycles. The molecule has 0 saturated carbocycles. The van der Waals surface area contributed by atoms with Gasteiger partial charge in [0.2, 0.25) is 0 Å². The van der Waals surface area contributed by atoms with Crippen LogP contribution in [0.4, 0.5) is 10.1 Å². The summed E-state index contributed by atoms with van der Waals surface area (Å²) in [5.41, 5.74) is 2.00. The van der Waals surface area contributed by atoms with E-state index in [2.05, 4.69) is 19.2 Å². The first-order chi connectivity index (χ1) is 10.5. The van der Waals surface area contributed by atoms with Crippen molar-refractivity contribution in [3.8, 4) is 0 Å². The van der Waals surface area contributed by atoms with E-state index in [1.54, 1.807) is 12.1 Å². The quantitative estimate of drug-likeness (QED) is 0.590. The fourth-order valence-corrected chi connectivity index (χ4v) is 2.12. The van der Waals surface area contributed by atoms with E-state index < -0.39 is 5.82 Å². The van der Waals surface area contributed by atoms with E-state index in [9.17, 15) is 9.18 Å². The summed E-state index contributed by atoms with van der Waals surface area (Å²) in [6.07, 6.45) is 2.78. The smallest absolute Gasteiger partial charge is 0.187 e. The summed E-state index contributed by atoms with van der Waals surface area (Å²) in [4.78, 5) is 12.0. The molecule has 0 aliphatic carbocycles. The molecule has 0 fully saturated rings. The molecule has 1 N–H and O–H groups in total. The van der Waals surface area contributed by atoms with Crippen LogP contribution in [0.2, 0.25) is 5.02 Å². The first-order valence-corrected chi connectivity index (χ1v) is 7.37. The molecule has 0 unspecified atom stereocenters. The zero-order valence-corrected chi connectivity index (χ0v) is 13.2. The van der Waals surface area contributed by atoms with E-state index in [-0.39, 0.29) is 11.5 Å². The van der Waals surface area contributed by atoms with Gasteiger partial charge in [-0.2, -0.15) is 0 Å². The van der Waals surface area contributed by atoms with Crippen LogP contribution in [0.1, 0.15) is 35.7 Å². The Hall–Kier alpha value is -2.13. The standard InChI is InChI=1S/C18H17ClFNO/c1-12(2)13-3-5-14(6-4-13)18(22)9-10-21-17-11-15(19)7-8-16(17)20/h3-12,21H,1-2H3/b10-9+. The lowest BCUT2D eigenvalue weighted by Gasteiger charge is -2.05. The maximum absolute atomic E-state index is 13.5. The minimum atomic E-state index is -0.428. The second-order valence-corrected chi connectivity index (χ2v) is 5.68. The molecule has 0 atom stereocenters. The molecule has 2 rings (SSSR count). The lowest BCUT2D eigenvalue weighted by molar-refractivity contribution is 0.104. The van der Waals surface area contributed by atoms with E-state index in [0.717, 1.165) is 0 Å². The molecule has 2 aromatic rings. The Labute approximate surface area is 134 Å². The van der Waals surface area contributed by atoms with Gasteiger partial charge in [-0.15, -0.1) is 0 Å². The average molecular weight is 318 g/mol. The van der Waals surface area contributed by atoms with Crippen LogP contribution in [0.15, 0.2) is 54.7 Å². The number of rotatable bonds is 5. The van der Waals surface area contributed by atoms with Crippen molar-refractivity contribution in [2.45, 2.75) is 19.8 Å². The van der Waals surface area contributed by atoms with Crippen LogP contribution in [0.5, 0.6) is 0 Å². The number of ketones is 1. The molecule has 0 bridgehead atoms. The fourth-order valence-electron chi connectivity index (χ4n) is 1.94. The fraction of sp³-hybridized carbons (Fsp3) is 0.167. The Bertz CT molecular complexity index is 693. The van der Waals surface area contributed by atoms with Crippen molar-refractivity contribution in [1.82, 2.24) is 0 Å². The van der Waals surface area contributed by atoms with Gasteiger partial charge < -0.3 is 5.32 Å². The van der Waals surface area contributed by atoms with Crippen LogP contribution in [0, 0.1) is 5.82 Å². The van der Waals surface area contributed by atoms with Crippen molar-refractivity contribution in [2.75, 3.05) is 5.32 Å². The van der Waals surface area contributed by atoms with Crippen molar-refractivity contribution >= 4 is 23.1 Å². The van der Waals surface area contributed by atoms with Crippen LogP contribution in [0.25, 0.3) is 0 Å². The lowest BCUT2D eigenvalue weighted by Crippen LogP contribution is -1.98. The van der Waals surface area contributed by atoms with Gasteiger partial charge in [0.1, 0.15) is 5.82 Å². The molecule has 0 saturated heterocycles. The van der Waals surface area contributed by atoms with Crippen LogP contribution >= 0.6 is 11.6 Å². The summed E-state index contributed by atoms with van der Waals surface area (Å²) in [5, 5.41) is 3.15. The molecule has 0 radical (unpaired) electrons. The van der Waals surface area contributed by atoms with Gasteiger partial charge in [0.25, 0.3) is 0 Å². The zero-order valence-electron chi connectivity index (χ0n) is 12.4. The molecule has 2 aromatic carbocycles. The van der Waals surface area contributed by atoms with Crippen molar-refractivity contribution < 1.29 is 9.18 Å². The number of carbonyl (C=O) groups is 1. The first kappa shape index (κ1) is 16.2. The third-order valence-electron chi connectivity index (χ3n) is 3.26. The van der Waals surface area contributed by atoms with E-state index in [1.807, 2.05) is 12.1 Å². The summed E-state index contributed by atoms with van der Waals surface area (Å²) in [5.74, 6) is -0.153. The number of hydrogen-bond acceptors (Lipinski definition) is 2. The molecule has 0 spiro atoms. The SMILES string of the molecule is CC(C)c1ccc(C(=O)/C=C/Nc2cc(Cl)ccc2F)cc1. The summed E-state index contributed by atoms with van der Waals surface area (Å²) in [6, 6.07) is 11.7. The largest absolute Gasteiger partial charge is 0.359 e. The Morgan fingerprint density at radius 2 is 1.86 bits per heavy atom. The predicted octanol–water partition coefficient (Wildman–Crippen LogP) is 5.41. The van der Waals surface area contributed by atoms with Gasteiger partial charge in [0, 0.05) is 22.9 Å². The number of allylic oxidation sites excluding steroid dienone is 1. The maximum Gasteiger partial charge on any atom is 0.187 e. The van der Waals surface area contributed by atoms with Gasteiger partial charge in [0.05, 0.1) is 5.69 Å². The molecule has 0 aliphatic rings. The van der Waals surface area contributed by atoms with E-state index in [1.165, 1.54) is 36.0 Å². The highest BCUT2D eigenvalue weighted by molar-refractivity contribution is 6.30. The molecular weight excluding hydrogens is 301 g/mol. The second kappa shape index (κ2) is 7.23. The average Bonchev–Trinajstić information content (AvgIpc) is 2.50. The highest BCUT2D eigenvalue weighted by atomic mass is 35.5. The maximum atomic E-state index is 13.5. The van der Waals surface area contributed by atoms with Gasteiger partial charge >= 0.3 is 0 Å². The highest BCUT2D eigenvalue weighted by Gasteiger charge is 2.04. The molecular formula is C18H17ClFNO. The summed E-state index contributed by atoms with van der Waals surface area (Å²) in [7, 11) is 0. The number of nitrogens with one attached hydrogen (secondary N) is 1. The van der Waals surface area contributed by atoms with Crippen molar-refractivity contribution in [3.63, 3.8) is 0 Å². The number of carbonyl (C=O) groups excluding carboxylic acids is 1. The molecule has 0 amide bonds. The summed E-state index contributed by atoms with van der Waals surface area (Å²) < 4.78 is 13.5. The van der Waals surface area contributed by atoms with E-state index in [4.69, 9.17) is 11.6 Å². The number of hydrogen-bond donors (Lipinski definition) is 1. The van der Waals surface area contributed by atoms with Crippen molar-refractivity contribution in [1.29, 1.82) is 0 Å². The van der Waals surface area contributed by atoms with Crippen LogP contribution in [0.3, 0.4) is 0 Å². The second-order valence-electron chi connectivity index (χ2n) is 5.24. The van der Waals surface area contributed by atoms with Crippen LogP contribution < -0.4 is 5.32 Å². The van der Waals surface area contributed by atoms with Gasteiger partial charge in [-0.3, -0.25) is 4.79 Å². The molecule has 0 aliphatic heterocycles. The van der Waals surface area contributed by atoms with E-state index >= 15 is 0 Å². The van der Waals surface area contributed by atoms with Gasteiger partial charge in [-0.05, 0) is 29.7 Å². The summed E-state index contributed by atoms with van der Waals surface area (Å²) in [6.45, 7) is 4.19. The van der Waals surface area contributed by atoms with Gasteiger partial charge in [-0.25, -0.2) is 4.39 Å². The Kier molecular flexibility index (Phi) is 5.34. The zero-order chi connectivity index (χ0) is 16.1. The minimum absolute atomic E-state index is 0.148.